The number of carboxylic acid groups (broad SMARTS) is 1. The van der Waals surface area contributed by atoms with Crippen LogP contribution in [-0.4, -0.2) is 41.5 Å². The van der Waals surface area contributed by atoms with Crippen molar-refractivity contribution in [1.29, 1.82) is 0 Å². The zero-order valence-electron chi connectivity index (χ0n) is 12.6. The molecule has 0 spiro atoms. The average molecular weight is 309 g/mol. The fourth-order valence-electron chi connectivity index (χ4n) is 1.99. The third-order valence-corrected chi connectivity index (χ3v) is 2.98. The van der Waals surface area contributed by atoms with Crippen LogP contribution in [0.1, 0.15) is 37.7 Å². The molecule has 0 unspecified atom stereocenters. The second kappa shape index (κ2) is 8.76. The largest absolute Gasteiger partial charge is 0.481 e. The maximum Gasteiger partial charge on any atom is 0.313 e. The lowest BCUT2D eigenvalue weighted by Crippen LogP contribution is -2.16. The van der Waals surface area contributed by atoms with Gasteiger partial charge in [-0.05, 0) is 12.5 Å². The van der Waals surface area contributed by atoms with Crippen LogP contribution in [0.15, 0.2) is 18.3 Å². The van der Waals surface area contributed by atoms with E-state index in [2.05, 4.69) is 4.98 Å². The first-order valence-electron chi connectivity index (χ1n) is 6.85. The molecule has 1 N–H and O–H groups in total. The lowest BCUT2D eigenvalue weighted by atomic mass is 9.91. The van der Waals surface area contributed by atoms with Crippen molar-refractivity contribution in [2.75, 3.05) is 13.7 Å². The quantitative estimate of drug-likeness (QED) is 0.545. The predicted octanol–water partition coefficient (Wildman–Crippen LogP) is 1.56. The van der Waals surface area contributed by atoms with E-state index in [1.54, 1.807) is 19.1 Å². The monoisotopic (exact) mass is 309 g/mol. The SMILES string of the molecule is CCOC(=O)CC(=O)C[C@@H](CC(=O)O)c1ccc(OC)nc1. The number of aliphatic carboxylic acids is 1. The molecule has 0 saturated heterocycles. The summed E-state index contributed by atoms with van der Waals surface area (Å²) in [4.78, 5) is 38.1. The van der Waals surface area contributed by atoms with Crippen molar-refractivity contribution >= 4 is 17.7 Å². The van der Waals surface area contributed by atoms with Crippen LogP contribution in [0, 0.1) is 0 Å². The van der Waals surface area contributed by atoms with Crippen molar-refractivity contribution < 1.29 is 29.0 Å². The topological polar surface area (TPSA) is 103 Å². The zero-order valence-corrected chi connectivity index (χ0v) is 12.6. The van der Waals surface area contributed by atoms with E-state index >= 15 is 0 Å². The molecule has 120 valence electrons. The molecule has 0 aliphatic heterocycles. The summed E-state index contributed by atoms with van der Waals surface area (Å²) >= 11 is 0. The molecule has 1 aromatic heterocycles. The molecule has 1 heterocycles. The summed E-state index contributed by atoms with van der Waals surface area (Å²) in [6.07, 6.45) is 0.847. The molecule has 22 heavy (non-hydrogen) atoms. The van der Waals surface area contributed by atoms with Crippen LogP contribution in [0.25, 0.3) is 0 Å². The van der Waals surface area contributed by atoms with Crippen molar-refractivity contribution in [2.45, 2.75) is 32.1 Å². The first-order chi connectivity index (χ1) is 10.5. The molecule has 1 rings (SSSR count). The smallest absolute Gasteiger partial charge is 0.313 e. The van der Waals surface area contributed by atoms with E-state index < -0.39 is 17.9 Å². The number of ether oxygens (including phenoxy) is 2. The highest BCUT2D eigenvalue weighted by atomic mass is 16.5. The van der Waals surface area contributed by atoms with Crippen LogP contribution in [0.5, 0.6) is 5.88 Å². The number of methoxy groups -OCH3 is 1. The summed E-state index contributed by atoms with van der Waals surface area (Å²) in [5.41, 5.74) is 0.611. The standard InChI is InChI=1S/C15H19NO6/c1-3-22-15(20)8-12(17)6-11(7-14(18)19)10-4-5-13(21-2)16-9-10/h4-5,9,11H,3,6-8H2,1-2H3,(H,18,19)/t11-/m0/s1. The molecule has 0 bridgehead atoms. The van der Waals surface area contributed by atoms with Crippen molar-refractivity contribution in [3.63, 3.8) is 0 Å². The van der Waals surface area contributed by atoms with Gasteiger partial charge in [0.25, 0.3) is 0 Å². The molecule has 7 nitrogen and oxygen atoms in total. The van der Waals surface area contributed by atoms with Gasteiger partial charge >= 0.3 is 11.9 Å². The molecule has 0 aliphatic carbocycles. The van der Waals surface area contributed by atoms with Gasteiger partial charge in [-0.1, -0.05) is 6.07 Å². The second-order valence-corrected chi connectivity index (χ2v) is 4.65. The van der Waals surface area contributed by atoms with Crippen molar-refractivity contribution in [2.24, 2.45) is 0 Å². The Hall–Kier alpha value is -2.44. The molecule has 0 amide bonds. The molecule has 0 fully saturated rings. The Morgan fingerprint density at radius 1 is 1.27 bits per heavy atom. The minimum absolute atomic E-state index is 0.0564. The normalized spacial score (nSPS) is 11.5. The van der Waals surface area contributed by atoms with E-state index in [4.69, 9.17) is 14.6 Å². The summed E-state index contributed by atoms with van der Waals surface area (Å²) in [6.45, 7) is 1.85. The Kier molecular flexibility index (Phi) is 7.01. The lowest BCUT2D eigenvalue weighted by Gasteiger charge is -2.14. The average Bonchev–Trinajstić information content (AvgIpc) is 2.46. The fraction of sp³-hybridized carbons (Fsp3) is 0.467. The van der Waals surface area contributed by atoms with Crippen LogP contribution in [0.2, 0.25) is 0 Å². The molecule has 0 aromatic carbocycles. The molecule has 0 saturated carbocycles. The Labute approximate surface area is 128 Å². The second-order valence-electron chi connectivity index (χ2n) is 4.65. The van der Waals surface area contributed by atoms with E-state index in [9.17, 15) is 14.4 Å². The third-order valence-electron chi connectivity index (χ3n) is 2.98. The number of pyridine rings is 1. The number of aromatic nitrogens is 1. The highest BCUT2D eigenvalue weighted by molar-refractivity contribution is 5.96. The van der Waals surface area contributed by atoms with Gasteiger partial charge in [0.15, 0.2) is 0 Å². The Balaban J connectivity index is 2.77. The van der Waals surface area contributed by atoms with E-state index in [-0.39, 0.29) is 31.7 Å². The summed E-state index contributed by atoms with van der Waals surface area (Å²) in [5.74, 6) is -2.13. The first kappa shape index (κ1) is 17.6. The maximum atomic E-state index is 11.9. The number of Topliss-reactive ketones (excluding diaryl/α,β-unsaturated/α-hetero) is 1. The number of carbonyl (C=O) groups is 3. The minimum Gasteiger partial charge on any atom is -0.481 e. The lowest BCUT2D eigenvalue weighted by molar-refractivity contribution is -0.145. The number of hydrogen-bond acceptors (Lipinski definition) is 6. The van der Waals surface area contributed by atoms with Crippen LogP contribution in [0.3, 0.4) is 0 Å². The molecule has 1 aromatic rings. The number of carboxylic acids is 1. The van der Waals surface area contributed by atoms with Gasteiger partial charge in [-0.3, -0.25) is 14.4 Å². The molecule has 1 atom stereocenters. The van der Waals surface area contributed by atoms with Crippen molar-refractivity contribution in [1.82, 2.24) is 4.98 Å². The van der Waals surface area contributed by atoms with Crippen LogP contribution >= 0.6 is 0 Å². The number of esters is 1. The first-order valence-corrected chi connectivity index (χ1v) is 6.85. The molecular formula is C15H19NO6. The summed E-state index contributed by atoms with van der Waals surface area (Å²) in [6, 6.07) is 3.26. The number of nitrogens with zero attached hydrogens (tertiary/aromatic N) is 1. The van der Waals surface area contributed by atoms with Gasteiger partial charge in [0.2, 0.25) is 5.88 Å². The van der Waals surface area contributed by atoms with E-state index in [1.807, 2.05) is 0 Å². The molecule has 0 radical (unpaired) electrons. The van der Waals surface area contributed by atoms with Gasteiger partial charge in [-0.25, -0.2) is 4.98 Å². The number of ketones is 1. The number of rotatable bonds is 9. The Morgan fingerprint density at radius 2 is 2.00 bits per heavy atom. The van der Waals surface area contributed by atoms with Crippen LogP contribution in [0.4, 0.5) is 0 Å². The summed E-state index contributed by atoms with van der Waals surface area (Å²) < 4.78 is 9.64. The highest BCUT2D eigenvalue weighted by Gasteiger charge is 2.21. The summed E-state index contributed by atoms with van der Waals surface area (Å²) in [5, 5.41) is 8.98. The van der Waals surface area contributed by atoms with Gasteiger partial charge in [-0.2, -0.15) is 0 Å². The van der Waals surface area contributed by atoms with Gasteiger partial charge in [0.05, 0.1) is 20.1 Å². The van der Waals surface area contributed by atoms with Crippen molar-refractivity contribution in [3.05, 3.63) is 23.9 Å². The van der Waals surface area contributed by atoms with Crippen LogP contribution < -0.4 is 4.74 Å². The van der Waals surface area contributed by atoms with E-state index in [0.717, 1.165) is 0 Å². The third kappa shape index (κ3) is 5.90. The maximum absolute atomic E-state index is 11.9. The zero-order chi connectivity index (χ0) is 16.5. The summed E-state index contributed by atoms with van der Waals surface area (Å²) in [7, 11) is 1.47. The number of carbonyl (C=O) groups excluding carboxylic acids is 2. The van der Waals surface area contributed by atoms with Crippen LogP contribution in [-0.2, 0) is 19.1 Å². The number of hydrogen-bond donors (Lipinski definition) is 1. The Bertz CT molecular complexity index is 525. The van der Waals surface area contributed by atoms with E-state index in [1.165, 1.54) is 13.3 Å². The fourth-order valence-corrected chi connectivity index (χ4v) is 1.99. The van der Waals surface area contributed by atoms with Gasteiger partial charge < -0.3 is 14.6 Å². The predicted molar refractivity (Wildman–Crippen MR) is 76.7 cm³/mol. The van der Waals surface area contributed by atoms with Gasteiger partial charge in [-0.15, -0.1) is 0 Å². The highest BCUT2D eigenvalue weighted by Crippen LogP contribution is 2.25. The minimum atomic E-state index is -1.02. The molecule has 7 heteroatoms. The van der Waals surface area contributed by atoms with E-state index in [0.29, 0.717) is 11.4 Å². The van der Waals surface area contributed by atoms with Gasteiger partial charge in [0.1, 0.15) is 12.2 Å². The molecular weight excluding hydrogens is 290 g/mol. The Morgan fingerprint density at radius 3 is 2.50 bits per heavy atom. The molecule has 0 aliphatic rings. The van der Waals surface area contributed by atoms with Gasteiger partial charge in [0, 0.05) is 24.6 Å². The van der Waals surface area contributed by atoms with Crippen molar-refractivity contribution in [3.8, 4) is 5.88 Å².